The summed E-state index contributed by atoms with van der Waals surface area (Å²) in [6, 6.07) is 10.7. The normalized spacial score (nSPS) is 23.7. The zero-order valence-electron chi connectivity index (χ0n) is 19.9. The molecule has 37 heavy (non-hydrogen) atoms. The Morgan fingerprint density at radius 3 is 2.05 bits per heavy atom. The number of ether oxygens (including phenoxy) is 1. The molecule has 2 aromatic carbocycles. The quantitative estimate of drug-likeness (QED) is 0.420. The lowest BCUT2D eigenvalue weighted by molar-refractivity contribution is -0.143. The Morgan fingerprint density at radius 1 is 0.973 bits per heavy atom. The Kier molecular flexibility index (Phi) is 7.37. The van der Waals surface area contributed by atoms with Crippen molar-refractivity contribution in [2.24, 2.45) is 0 Å². The summed E-state index contributed by atoms with van der Waals surface area (Å²) >= 11 is 0. The molecule has 200 valence electrons. The van der Waals surface area contributed by atoms with Gasteiger partial charge in [0.2, 0.25) is 0 Å². The largest absolute Gasteiger partial charge is 0.416 e. The monoisotopic (exact) mass is 528 g/mol. The maximum absolute atomic E-state index is 13.3. The van der Waals surface area contributed by atoms with Crippen molar-refractivity contribution < 1.29 is 36.2 Å². The first-order chi connectivity index (χ1) is 17.4. The average Bonchev–Trinajstić information content (AvgIpc) is 3.43. The number of rotatable bonds is 7. The van der Waals surface area contributed by atoms with Crippen molar-refractivity contribution >= 4 is 0 Å². The van der Waals surface area contributed by atoms with Gasteiger partial charge in [0.05, 0.1) is 41.5 Å². The van der Waals surface area contributed by atoms with Crippen LogP contribution in [0.5, 0.6) is 0 Å². The van der Waals surface area contributed by atoms with Crippen LogP contribution < -0.4 is 5.32 Å². The minimum Gasteiger partial charge on any atom is -0.394 e. The molecule has 1 fully saturated rings. The molecule has 2 N–H and O–H groups in total. The lowest BCUT2D eigenvalue weighted by atomic mass is 9.76. The molecule has 1 aliphatic rings. The van der Waals surface area contributed by atoms with Crippen molar-refractivity contribution in [3.8, 4) is 0 Å². The van der Waals surface area contributed by atoms with Crippen molar-refractivity contribution in [1.29, 1.82) is 0 Å². The third-order valence-corrected chi connectivity index (χ3v) is 7.02. The molecular formula is C25H26F6N4O2. The van der Waals surface area contributed by atoms with Gasteiger partial charge in [0.1, 0.15) is 12.7 Å². The van der Waals surface area contributed by atoms with Gasteiger partial charge < -0.3 is 19.7 Å². The van der Waals surface area contributed by atoms with Gasteiger partial charge in [0.15, 0.2) is 0 Å². The van der Waals surface area contributed by atoms with Gasteiger partial charge >= 0.3 is 12.4 Å². The lowest BCUT2D eigenvalue weighted by Gasteiger charge is -2.47. The van der Waals surface area contributed by atoms with Gasteiger partial charge in [-0.05, 0) is 49.1 Å². The zero-order chi connectivity index (χ0) is 26.9. The maximum atomic E-state index is 13.3. The van der Waals surface area contributed by atoms with Crippen LogP contribution in [0.3, 0.4) is 0 Å². The van der Waals surface area contributed by atoms with Gasteiger partial charge in [-0.25, -0.2) is 0 Å². The van der Waals surface area contributed by atoms with E-state index in [-0.39, 0.29) is 24.8 Å². The number of aliphatic hydroxyl groups is 1. The van der Waals surface area contributed by atoms with Gasteiger partial charge in [-0.2, -0.15) is 26.3 Å². The van der Waals surface area contributed by atoms with E-state index in [2.05, 4.69) is 15.5 Å². The second-order valence-corrected chi connectivity index (χ2v) is 9.35. The van der Waals surface area contributed by atoms with Crippen LogP contribution in [0.1, 0.15) is 48.1 Å². The number of halogens is 6. The molecule has 3 atom stereocenters. The van der Waals surface area contributed by atoms with Crippen LogP contribution in [0.25, 0.3) is 0 Å². The topological polar surface area (TPSA) is 72.2 Å². The van der Waals surface area contributed by atoms with E-state index < -0.39 is 40.7 Å². The number of benzene rings is 2. The highest BCUT2D eigenvalue weighted by molar-refractivity contribution is 5.35. The predicted molar refractivity (Wildman–Crippen MR) is 121 cm³/mol. The number of nitrogens with one attached hydrogen (secondary N) is 1. The van der Waals surface area contributed by atoms with E-state index >= 15 is 0 Å². The fourth-order valence-electron chi connectivity index (χ4n) is 4.63. The Bertz CT molecular complexity index is 1140. The van der Waals surface area contributed by atoms with E-state index in [9.17, 15) is 31.4 Å². The van der Waals surface area contributed by atoms with Gasteiger partial charge in [-0.1, -0.05) is 30.3 Å². The first-order valence-corrected chi connectivity index (χ1v) is 11.6. The molecule has 0 saturated carbocycles. The summed E-state index contributed by atoms with van der Waals surface area (Å²) in [6.07, 6.45) is -6.98. The average molecular weight is 528 g/mol. The highest BCUT2D eigenvalue weighted by Crippen LogP contribution is 2.40. The van der Waals surface area contributed by atoms with E-state index in [1.54, 1.807) is 4.57 Å². The maximum Gasteiger partial charge on any atom is 0.416 e. The molecule has 0 bridgehead atoms. The highest BCUT2D eigenvalue weighted by atomic mass is 19.4. The minimum absolute atomic E-state index is 0.0283. The van der Waals surface area contributed by atoms with E-state index in [1.165, 1.54) is 19.6 Å². The van der Waals surface area contributed by atoms with Crippen molar-refractivity contribution in [2.45, 2.75) is 49.3 Å². The van der Waals surface area contributed by atoms with E-state index in [4.69, 9.17) is 4.74 Å². The molecule has 0 spiro atoms. The van der Waals surface area contributed by atoms with Gasteiger partial charge in [-0.15, -0.1) is 10.2 Å². The van der Waals surface area contributed by atoms with Crippen LogP contribution in [0.4, 0.5) is 26.3 Å². The van der Waals surface area contributed by atoms with E-state index in [0.717, 1.165) is 5.56 Å². The third-order valence-electron chi connectivity index (χ3n) is 7.02. The molecule has 2 heterocycles. The Labute approximate surface area is 209 Å². The van der Waals surface area contributed by atoms with Crippen LogP contribution in [0.2, 0.25) is 0 Å². The molecule has 1 saturated heterocycles. The molecule has 1 aromatic heterocycles. The molecule has 0 radical (unpaired) electrons. The van der Waals surface area contributed by atoms with Crippen LogP contribution in [-0.2, 0) is 28.2 Å². The Balaban J connectivity index is 1.60. The fourth-order valence-corrected chi connectivity index (χ4v) is 4.63. The van der Waals surface area contributed by atoms with Crippen molar-refractivity contribution in [2.75, 3.05) is 19.8 Å². The first kappa shape index (κ1) is 27.1. The van der Waals surface area contributed by atoms with Gasteiger partial charge in [-0.3, -0.25) is 0 Å². The fraction of sp³-hybridized carbons (Fsp3) is 0.440. The molecule has 4 rings (SSSR count). The smallest absolute Gasteiger partial charge is 0.394 e. The van der Waals surface area contributed by atoms with Crippen molar-refractivity contribution in [3.63, 3.8) is 0 Å². The van der Waals surface area contributed by atoms with Crippen LogP contribution in [-0.4, -0.2) is 39.6 Å². The summed E-state index contributed by atoms with van der Waals surface area (Å²) < 4.78 is 87.7. The number of piperidine rings is 1. The van der Waals surface area contributed by atoms with E-state index in [0.29, 0.717) is 31.5 Å². The molecule has 3 aromatic rings. The predicted octanol–water partition coefficient (Wildman–Crippen LogP) is 5.06. The Morgan fingerprint density at radius 2 is 1.57 bits per heavy atom. The van der Waals surface area contributed by atoms with Crippen molar-refractivity contribution in [1.82, 2.24) is 20.1 Å². The summed E-state index contributed by atoms with van der Waals surface area (Å²) in [5, 5.41) is 21.2. The van der Waals surface area contributed by atoms with Crippen LogP contribution in [0.15, 0.2) is 61.2 Å². The second-order valence-electron chi connectivity index (χ2n) is 9.35. The summed E-state index contributed by atoms with van der Waals surface area (Å²) in [5.41, 5.74) is -3.66. The zero-order valence-corrected chi connectivity index (χ0v) is 19.9. The number of aliphatic hydroxyl groups excluding tert-OH is 1. The molecule has 0 unspecified atom stereocenters. The first-order valence-electron chi connectivity index (χ1n) is 11.6. The van der Waals surface area contributed by atoms with Gasteiger partial charge in [0, 0.05) is 6.54 Å². The molecule has 0 amide bonds. The number of hydrogen-bond acceptors (Lipinski definition) is 5. The molecule has 6 nitrogen and oxygen atoms in total. The molecule has 12 heteroatoms. The van der Waals surface area contributed by atoms with E-state index in [1.807, 2.05) is 30.3 Å². The number of aromatic nitrogens is 3. The highest BCUT2D eigenvalue weighted by Gasteiger charge is 2.45. The minimum atomic E-state index is -4.94. The second kappa shape index (κ2) is 10.1. The molecule has 1 aliphatic heterocycles. The summed E-state index contributed by atoms with van der Waals surface area (Å²) in [6.45, 7) is 1.51. The van der Waals surface area contributed by atoms with Gasteiger partial charge in [0.25, 0.3) is 0 Å². The molecular weight excluding hydrogens is 502 g/mol. The summed E-state index contributed by atoms with van der Waals surface area (Å²) in [5.74, 6) is 0. The molecule has 0 aliphatic carbocycles. The van der Waals surface area contributed by atoms with Crippen molar-refractivity contribution in [3.05, 3.63) is 83.4 Å². The number of nitrogens with zero attached hydrogens (tertiary/aromatic N) is 3. The summed E-state index contributed by atoms with van der Waals surface area (Å²) in [4.78, 5) is 0. The van der Waals surface area contributed by atoms with Crippen LogP contribution >= 0.6 is 0 Å². The standard InChI is InChI=1S/C25H26F6N4O2/c1-17(18-9-20(24(26,27)28)11-21(10-18)25(29,30)31)37-14-23(19-5-3-2-4-6-19)8-7-22(13-36,12-32-23)35-15-33-34-16-35/h2-6,9-11,15-17,32,36H,7-8,12-14H2,1H3/t17-,22-,23+/m0/s1. The van der Waals surface area contributed by atoms with Crippen LogP contribution in [0, 0.1) is 0 Å². The lowest BCUT2D eigenvalue weighted by Crippen LogP contribution is -2.60. The summed E-state index contributed by atoms with van der Waals surface area (Å²) in [7, 11) is 0. The number of alkyl halides is 6. The Hall–Kier alpha value is -2.96. The SMILES string of the molecule is C[C@H](OC[C@@]1(c2ccccc2)CC[C@](CO)(n2cnnc2)CN1)c1cc(C(F)(F)F)cc(C(F)(F)F)c1. The third kappa shape index (κ3) is 5.65. The number of hydrogen-bond donors (Lipinski definition) is 2.